The molecule has 0 atom stereocenters. The SMILES string of the molecule is C.CCC(C)(CC)CC.CCC(C)CC. The van der Waals surface area contributed by atoms with E-state index < -0.39 is 0 Å². The van der Waals surface area contributed by atoms with Gasteiger partial charge in [-0.05, 0) is 11.3 Å². The maximum Gasteiger partial charge on any atom is -0.0334 e. The first-order valence-electron chi connectivity index (χ1n) is 6.49. The summed E-state index contributed by atoms with van der Waals surface area (Å²) in [6, 6.07) is 0. The van der Waals surface area contributed by atoms with E-state index in [0.717, 1.165) is 5.92 Å². The maximum absolute atomic E-state index is 2.35. The van der Waals surface area contributed by atoms with E-state index in [1.165, 1.54) is 32.1 Å². The smallest absolute Gasteiger partial charge is 0.0334 e. The molecule has 0 aromatic carbocycles. The van der Waals surface area contributed by atoms with Crippen LogP contribution in [0.15, 0.2) is 0 Å². The molecule has 0 aromatic rings. The minimum absolute atomic E-state index is 0. The quantitative estimate of drug-likeness (QED) is 0.506. The second kappa shape index (κ2) is 12.1. The van der Waals surface area contributed by atoms with E-state index in [9.17, 15) is 0 Å². The molecule has 0 nitrogen and oxygen atoms in total. The van der Waals surface area contributed by atoms with Gasteiger partial charge in [0.15, 0.2) is 0 Å². The second-order valence-corrected chi connectivity index (χ2v) is 4.79. The normalized spacial score (nSPS) is 10.4. The molecular formula is C15H36. The van der Waals surface area contributed by atoms with Crippen molar-refractivity contribution in [2.45, 2.75) is 88.0 Å². The zero-order valence-electron chi connectivity index (χ0n) is 11.6. The first-order chi connectivity index (χ1) is 6.49. The monoisotopic (exact) mass is 216 g/mol. The Morgan fingerprint density at radius 2 is 1.07 bits per heavy atom. The third-order valence-corrected chi connectivity index (χ3v) is 3.95. The van der Waals surface area contributed by atoms with Crippen LogP contribution in [0.3, 0.4) is 0 Å². The molecule has 0 aliphatic rings. The summed E-state index contributed by atoms with van der Waals surface area (Å²) in [6.07, 6.45) is 6.62. The number of hydrogen-bond donors (Lipinski definition) is 0. The molecule has 0 aliphatic heterocycles. The summed E-state index contributed by atoms with van der Waals surface area (Å²) >= 11 is 0. The summed E-state index contributed by atoms with van der Waals surface area (Å²) in [7, 11) is 0. The summed E-state index contributed by atoms with van der Waals surface area (Å²) < 4.78 is 0. The van der Waals surface area contributed by atoms with Crippen LogP contribution >= 0.6 is 0 Å². The Kier molecular flexibility index (Phi) is 16.4. The van der Waals surface area contributed by atoms with E-state index >= 15 is 0 Å². The zero-order valence-corrected chi connectivity index (χ0v) is 11.6. The Morgan fingerprint density at radius 3 is 1.07 bits per heavy atom. The molecule has 0 saturated heterocycles. The van der Waals surface area contributed by atoms with Gasteiger partial charge in [0.2, 0.25) is 0 Å². The molecule has 0 radical (unpaired) electrons. The van der Waals surface area contributed by atoms with Gasteiger partial charge in [0.05, 0.1) is 0 Å². The summed E-state index contributed by atoms with van der Waals surface area (Å²) in [5.41, 5.74) is 0.625. The van der Waals surface area contributed by atoms with Gasteiger partial charge in [-0.25, -0.2) is 0 Å². The predicted octanol–water partition coefficient (Wildman–Crippen LogP) is 6.30. The minimum Gasteiger partial charge on any atom is -0.0776 e. The Morgan fingerprint density at radius 1 is 0.800 bits per heavy atom. The number of rotatable bonds is 5. The third kappa shape index (κ3) is 11.9. The van der Waals surface area contributed by atoms with Crippen LogP contribution in [0.4, 0.5) is 0 Å². The van der Waals surface area contributed by atoms with Crippen LogP contribution in [0.5, 0.6) is 0 Å². The Bertz CT molecular complexity index is 88.3. The molecule has 0 spiro atoms. The average Bonchev–Trinajstić information content (AvgIpc) is 2.27. The van der Waals surface area contributed by atoms with Gasteiger partial charge < -0.3 is 0 Å². The van der Waals surface area contributed by atoms with Gasteiger partial charge in [-0.3, -0.25) is 0 Å². The maximum atomic E-state index is 2.35. The third-order valence-electron chi connectivity index (χ3n) is 3.95. The van der Waals surface area contributed by atoms with Crippen molar-refractivity contribution in [3.63, 3.8) is 0 Å². The zero-order chi connectivity index (χ0) is 11.6. The standard InChI is InChI=1S/C8H18.C6H14.CH4/c1-5-8(4,6-2)7-3;1-4-6(3)5-2;/h5-7H2,1-4H3;6H,4-5H2,1-3H3;1H4. The van der Waals surface area contributed by atoms with Crippen LogP contribution in [-0.2, 0) is 0 Å². The molecule has 0 unspecified atom stereocenters. The molecule has 0 heterocycles. The molecule has 96 valence electrons. The lowest BCUT2D eigenvalue weighted by Crippen LogP contribution is -2.10. The van der Waals surface area contributed by atoms with E-state index in [-0.39, 0.29) is 7.43 Å². The second-order valence-electron chi connectivity index (χ2n) is 4.79. The van der Waals surface area contributed by atoms with Crippen LogP contribution in [0.2, 0.25) is 0 Å². The first-order valence-corrected chi connectivity index (χ1v) is 6.49. The van der Waals surface area contributed by atoms with Crippen LogP contribution in [0, 0.1) is 11.3 Å². The fourth-order valence-electron chi connectivity index (χ4n) is 1.04. The van der Waals surface area contributed by atoms with Crippen molar-refractivity contribution in [1.29, 1.82) is 0 Å². The molecule has 0 heteroatoms. The molecule has 15 heavy (non-hydrogen) atoms. The minimum atomic E-state index is 0. The van der Waals surface area contributed by atoms with Crippen molar-refractivity contribution in [3.8, 4) is 0 Å². The van der Waals surface area contributed by atoms with Gasteiger partial charge >= 0.3 is 0 Å². The molecule has 0 aliphatic carbocycles. The van der Waals surface area contributed by atoms with Crippen molar-refractivity contribution in [3.05, 3.63) is 0 Å². The summed E-state index contributed by atoms with van der Waals surface area (Å²) in [4.78, 5) is 0. The van der Waals surface area contributed by atoms with Gasteiger partial charge in [0, 0.05) is 0 Å². The Balaban J connectivity index is -0.000000187. The van der Waals surface area contributed by atoms with Gasteiger partial charge in [-0.1, -0.05) is 88.0 Å². The van der Waals surface area contributed by atoms with E-state index in [0.29, 0.717) is 5.41 Å². The van der Waals surface area contributed by atoms with E-state index in [4.69, 9.17) is 0 Å². The summed E-state index contributed by atoms with van der Waals surface area (Å²) in [5, 5.41) is 0. The van der Waals surface area contributed by atoms with Gasteiger partial charge in [-0.15, -0.1) is 0 Å². The molecule has 0 amide bonds. The highest BCUT2D eigenvalue weighted by atomic mass is 14.2. The Hall–Kier alpha value is 0. The topological polar surface area (TPSA) is 0 Å². The largest absolute Gasteiger partial charge is 0.0776 e. The van der Waals surface area contributed by atoms with Gasteiger partial charge in [0.25, 0.3) is 0 Å². The van der Waals surface area contributed by atoms with Crippen molar-refractivity contribution in [1.82, 2.24) is 0 Å². The van der Waals surface area contributed by atoms with E-state index in [2.05, 4.69) is 48.5 Å². The van der Waals surface area contributed by atoms with Crippen molar-refractivity contribution in [2.75, 3.05) is 0 Å². The predicted molar refractivity (Wildman–Crippen MR) is 75.5 cm³/mol. The van der Waals surface area contributed by atoms with Crippen molar-refractivity contribution < 1.29 is 0 Å². The lowest BCUT2D eigenvalue weighted by molar-refractivity contribution is 0.286. The van der Waals surface area contributed by atoms with Crippen molar-refractivity contribution >= 4 is 0 Å². The molecule has 0 bridgehead atoms. The summed E-state index contributed by atoms with van der Waals surface area (Å²) in [6.45, 7) is 15.9. The summed E-state index contributed by atoms with van der Waals surface area (Å²) in [5.74, 6) is 0.935. The fraction of sp³-hybridized carbons (Fsp3) is 1.00. The van der Waals surface area contributed by atoms with Crippen molar-refractivity contribution in [2.24, 2.45) is 11.3 Å². The fourth-order valence-corrected chi connectivity index (χ4v) is 1.04. The lowest BCUT2D eigenvalue weighted by Gasteiger charge is -2.23. The molecule has 0 saturated carbocycles. The highest BCUT2D eigenvalue weighted by molar-refractivity contribution is 4.67. The average molecular weight is 216 g/mol. The molecule has 0 aromatic heterocycles. The highest BCUT2D eigenvalue weighted by Gasteiger charge is 2.15. The van der Waals surface area contributed by atoms with Gasteiger partial charge in [-0.2, -0.15) is 0 Å². The highest BCUT2D eigenvalue weighted by Crippen LogP contribution is 2.28. The van der Waals surface area contributed by atoms with Crippen LogP contribution in [0.1, 0.15) is 88.0 Å². The van der Waals surface area contributed by atoms with Crippen LogP contribution < -0.4 is 0 Å². The van der Waals surface area contributed by atoms with Crippen LogP contribution in [0.25, 0.3) is 0 Å². The van der Waals surface area contributed by atoms with Gasteiger partial charge in [0.1, 0.15) is 0 Å². The molecule has 0 rings (SSSR count). The molecule has 0 N–H and O–H groups in total. The van der Waals surface area contributed by atoms with E-state index in [1.54, 1.807) is 0 Å². The first kappa shape index (κ1) is 20.4. The van der Waals surface area contributed by atoms with E-state index in [1.807, 2.05) is 0 Å². The molecular weight excluding hydrogens is 180 g/mol. The lowest BCUT2D eigenvalue weighted by atomic mass is 9.82. The Labute approximate surface area is 99.9 Å². The number of hydrogen-bond acceptors (Lipinski definition) is 0. The molecule has 0 fully saturated rings. The van der Waals surface area contributed by atoms with Crippen LogP contribution in [-0.4, -0.2) is 0 Å².